The zero-order valence-corrected chi connectivity index (χ0v) is 6.91. The van der Waals surface area contributed by atoms with Crippen LogP contribution < -0.4 is 5.73 Å². The van der Waals surface area contributed by atoms with Gasteiger partial charge in [-0.15, -0.1) is 0 Å². The van der Waals surface area contributed by atoms with E-state index in [2.05, 4.69) is 0 Å². The van der Waals surface area contributed by atoms with E-state index in [0.717, 1.165) is 0 Å². The summed E-state index contributed by atoms with van der Waals surface area (Å²) < 4.78 is 4.83. The van der Waals surface area contributed by atoms with E-state index >= 15 is 0 Å². The summed E-state index contributed by atoms with van der Waals surface area (Å²) in [4.78, 5) is 10.2. The second-order valence-electron chi connectivity index (χ2n) is 2.69. The summed E-state index contributed by atoms with van der Waals surface area (Å²) in [6, 6.07) is -0.313. The number of ether oxygens (including phenoxy) is 1. The maximum atomic E-state index is 10.2. The van der Waals surface area contributed by atoms with Crippen molar-refractivity contribution in [3.63, 3.8) is 0 Å². The lowest BCUT2D eigenvalue weighted by molar-refractivity contribution is -0.137. The van der Waals surface area contributed by atoms with Crippen LogP contribution in [-0.2, 0) is 9.53 Å². The van der Waals surface area contributed by atoms with Crippen LogP contribution in [0, 0.1) is 5.92 Å². The topological polar surface area (TPSA) is 72.5 Å². The van der Waals surface area contributed by atoms with E-state index in [9.17, 15) is 4.79 Å². The summed E-state index contributed by atoms with van der Waals surface area (Å²) in [5, 5.41) is 8.38. The number of aliphatic carboxylic acids is 1. The van der Waals surface area contributed by atoms with Crippen molar-refractivity contribution >= 4 is 5.97 Å². The van der Waals surface area contributed by atoms with Gasteiger partial charge in [0.05, 0.1) is 13.0 Å². The molecule has 0 aliphatic heterocycles. The zero-order chi connectivity index (χ0) is 8.85. The third-order valence-electron chi connectivity index (χ3n) is 1.57. The summed E-state index contributed by atoms with van der Waals surface area (Å²) in [7, 11) is 1.57. The van der Waals surface area contributed by atoms with Crippen LogP contribution in [0.15, 0.2) is 0 Å². The number of methoxy groups -OCH3 is 1. The Balaban J connectivity index is 3.63. The zero-order valence-electron chi connectivity index (χ0n) is 6.91. The van der Waals surface area contributed by atoms with Gasteiger partial charge in [-0.3, -0.25) is 4.79 Å². The molecule has 0 aromatic heterocycles. The van der Waals surface area contributed by atoms with Crippen molar-refractivity contribution in [2.24, 2.45) is 11.7 Å². The Kier molecular flexibility index (Phi) is 4.81. The number of carboxylic acids is 1. The molecule has 3 N–H and O–H groups in total. The van der Waals surface area contributed by atoms with E-state index in [1.807, 2.05) is 6.92 Å². The molecule has 0 saturated heterocycles. The molecule has 0 aliphatic carbocycles. The van der Waals surface area contributed by atoms with Crippen molar-refractivity contribution < 1.29 is 14.6 Å². The van der Waals surface area contributed by atoms with Gasteiger partial charge >= 0.3 is 5.97 Å². The van der Waals surface area contributed by atoms with Gasteiger partial charge in [0.25, 0.3) is 0 Å². The quantitative estimate of drug-likeness (QED) is 0.598. The highest BCUT2D eigenvalue weighted by molar-refractivity contribution is 5.67. The largest absolute Gasteiger partial charge is 0.481 e. The van der Waals surface area contributed by atoms with Crippen LogP contribution in [-0.4, -0.2) is 30.8 Å². The van der Waals surface area contributed by atoms with Crippen molar-refractivity contribution in [1.82, 2.24) is 0 Å². The van der Waals surface area contributed by atoms with E-state index in [4.69, 9.17) is 15.6 Å². The van der Waals surface area contributed by atoms with Crippen LogP contribution in [0.2, 0.25) is 0 Å². The second kappa shape index (κ2) is 5.09. The van der Waals surface area contributed by atoms with E-state index in [-0.39, 0.29) is 18.4 Å². The van der Waals surface area contributed by atoms with Gasteiger partial charge in [-0.25, -0.2) is 0 Å². The average molecular weight is 161 g/mol. The number of carbonyl (C=O) groups is 1. The van der Waals surface area contributed by atoms with E-state index in [0.29, 0.717) is 6.61 Å². The molecule has 2 atom stereocenters. The molecule has 0 radical (unpaired) electrons. The number of nitrogens with two attached hydrogens (primary N) is 1. The molecule has 0 spiro atoms. The van der Waals surface area contributed by atoms with Crippen LogP contribution in [0.25, 0.3) is 0 Å². The molecule has 0 amide bonds. The van der Waals surface area contributed by atoms with Gasteiger partial charge in [0.2, 0.25) is 0 Å². The fraction of sp³-hybridized carbons (Fsp3) is 0.857. The third kappa shape index (κ3) is 4.75. The van der Waals surface area contributed by atoms with E-state index < -0.39 is 5.97 Å². The highest BCUT2D eigenvalue weighted by Crippen LogP contribution is 2.04. The van der Waals surface area contributed by atoms with Crippen LogP contribution in [0.4, 0.5) is 0 Å². The summed E-state index contributed by atoms with van der Waals surface area (Å²) >= 11 is 0. The summed E-state index contributed by atoms with van der Waals surface area (Å²) in [6.07, 6.45) is 0.00449. The summed E-state index contributed by atoms with van der Waals surface area (Å²) in [6.45, 7) is 2.38. The maximum Gasteiger partial charge on any atom is 0.304 e. The SMILES string of the molecule is COCC(C)C(N)CC(=O)O. The Bertz CT molecular complexity index is 127. The predicted octanol–water partition coefficient (Wildman–Crippen LogP) is 0.0709. The Morgan fingerprint density at radius 2 is 2.27 bits per heavy atom. The number of rotatable bonds is 5. The van der Waals surface area contributed by atoms with Gasteiger partial charge in [-0.05, 0) is 5.92 Å². The van der Waals surface area contributed by atoms with Gasteiger partial charge in [-0.1, -0.05) is 6.92 Å². The molecule has 0 bridgehead atoms. The van der Waals surface area contributed by atoms with Crippen LogP contribution in [0.1, 0.15) is 13.3 Å². The van der Waals surface area contributed by atoms with Gasteiger partial charge in [0.15, 0.2) is 0 Å². The average Bonchev–Trinajstić information content (AvgIpc) is 1.86. The first-order valence-electron chi connectivity index (χ1n) is 3.54. The number of hydrogen-bond donors (Lipinski definition) is 2. The first-order chi connectivity index (χ1) is 5.07. The van der Waals surface area contributed by atoms with Crippen LogP contribution in [0.5, 0.6) is 0 Å². The third-order valence-corrected chi connectivity index (χ3v) is 1.57. The number of carboxylic acid groups (broad SMARTS) is 1. The highest BCUT2D eigenvalue weighted by atomic mass is 16.5. The van der Waals surface area contributed by atoms with Gasteiger partial charge < -0.3 is 15.6 Å². The van der Waals surface area contributed by atoms with E-state index in [1.165, 1.54) is 0 Å². The van der Waals surface area contributed by atoms with Gasteiger partial charge in [0.1, 0.15) is 0 Å². The van der Waals surface area contributed by atoms with Crippen molar-refractivity contribution in [1.29, 1.82) is 0 Å². The maximum absolute atomic E-state index is 10.2. The lowest BCUT2D eigenvalue weighted by atomic mass is 10.0. The Labute approximate surface area is 66.3 Å². The molecule has 0 saturated carbocycles. The predicted molar refractivity (Wildman–Crippen MR) is 41.3 cm³/mol. The molecule has 0 aliphatic rings. The molecular weight excluding hydrogens is 146 g/mol. The molecule has 0 fully saturated rings. The van der Waals surface area contributed by atoms with Crippen molar-refractivity contribution in [2.45, 2.75) is 19.4 Å². The summed E-state index contributed by atoms with van der Waals surface area (Å²) in [5.74, 6) is -0.767. The highest BCUT2D eigenvalue weighted by Gasteiger charge is 2.15. The molecule has 0 rings (SSSR count). The fourth-order valence-electron chi connectivity index (χ4n) is 0.789. The molecule has 0 aromatic rings. The minimum Gasteiger partial charge on any atom is -0.481 e. The van der Waals surface area contributed by atoms with E-state index in [1.54, 1.807) is 7.11 Å². The minimum atomic E-state index is -0.861. The monoisotopic (exact) mass is 161 g/mol. The van der Waals surface area contributed by atoms with Crippen LogP contribution >= 0.6 is 0 Å². The molecule has 4 heteroatoms. The molecule has 0 aromatic carbocycles. The first-order valence-corrected chi connectivity index (χ1v) is 3.54. The lowest BCUT2D eigenvalue weighted by Crippen LogP contribution is -2.33. The van der Waals surface area contributed by atoms with Gasteiger partial charge in [0, 0.05) is 13.2 Å². The standard InChI is InChI=1S/C7H15NO3/c1-5(4-11-2)6(8)3-7(9)10/h5-6H,3-4,8H2,1-2H3,(H,9,10). The van der Waals surface area contributed by atoms with Crippen molar-refractivity contribution in [3.05, 3.63) is 0 Å². The Morgan fingerprint density at radius 1 is 1.73 bits per heavy atom. The molecule has 4 nitrogen and oxygen atoms in total. The Morgan fingerprint density at radius 3 is 2.64 bits per heavy atom. The molecule has 2 unspecified atom stereocenters. The molecule has 11 heavy (non-hydrogen) atoms. The van der Waals surface area contributed by atoms with Crippen molar-refractivity contribution in [3.8, 4) is 0 Å². The first kappa shape index (κ1) is 10.4. The van der Waals surface area contributed by atoms with Gasteiger partial charge in [-0.2, -0.15) is 0 Å². The Hall–Kier alpha value is -0.610. The molecule has 0 heterocycles. The minimum absolute atomic E-state index is 0.00449. The molecule has 66 valence electrons. The van der Waals surface area contributed by atoms with Crippen LogP contribution in [0.3, 0.4) is 0 Å². The smallest absolute Gasteiger partial charge is 0.304 e. The normalized spacial score (nSPS) is 15.9. The number of hydrogen-bond acceptors (Lipinski definition) is 3. The summed E-state index contributed by atoms with van der Waals surface area (Å²) in [5.41, 5.74) is 5.54. The fourth-order valence-corrected chi connectivity index (χ4v) is 0.789. The molecular formula is C7H15NO3. The second-order valence-corrected chi connectivity index (χ2v) is 2.69. The van der Waals surface area contributed by atoms with Crippen molar-refractivity contribution in [2.75, 3.05) is 13.7 Å². The lowest BCUT2D eigenvalue weighted by Gasteiger charge is -2.16.